The lowest BCUT2D eigenvalue weighted by molar-refractivity contribution is -0.180. The summed E-state index contributed by atoms with van der Waals surface area (Å²) in [5.74, 6) is -0.493. The molecule has 24 heavy (non-hydrogen) atoms. The van der Waals surface area contributed by atoms with Crippen LogP contribution in [-0.2, 0) is 28.5 Å². The second-order valence-electron chi connectivity index (χ2n) is 6.20. The van der Waals surface area contributed by atoms with E-state index in [0.29, 0.717) is 12.8 Å². The topological polar surface area (TPSA) is 80.3 Å². The fourth-order valence-corrected chi connectivity index (χ4v) is 1.58. The average molecular weight is 348 g/mol. The van der Waals surface area contributed by atoms with Gasteiger partial charge in [0.15, 0.2) is 5.60 Å². The van der Waals surface area contributed by atoms with Gasteiger partial charge in [-0.3, -0.25) is 0 Å². The third kappa shape index (κ3) is 9.08. The molecule has 0 radical (unpaired) electrons. The number of hydrogen-bond acceptors (Lipinski definition) is 7. The van der Waals surface area contributed by atoms with Crippen molar-refractivity contribution in [1.82, 2.24) is 0 Å². The molecule has 0 spiro atoms. The van der Waals surface area contributed by atoms with Gasteiger partial charge in [0, 0.05) is 7.11 Å². The van der Waals surface area contributed by atoms with E-state index in [2.05, 4.69) is 0 Å². The number of carbonyl (C=O) groups is 2. The van der Waals surface area contributed by atoms with Crippen LogP contribution in [0.2, 0.25) is 0 Å². The van der Waals surface area contributed by atoms with Crippen LogP contribution in [-0.4, -0.2) is 56.4 Å². The highest BCUT2D eigenvalue weighted by molar-refractivity contribution is 5.78. The molecular formula is C17H32O7. The Morgan fingerprint density at radius 2 is 1.58 bits per heavy atom. The Morgan fingerprint density at radius 3 is 2.08 bits per heavy atom. The molecule has 7 heteroatoms. The lowest BCUT2D eigenvalue weighted by atomic mass is 10.1. The molecule has 0 N–H and O–H groups in total. The van der Waals surface area contributed by atoms with Crippen molar-refractivity contribution in [2.75, 3.05) is 20.3 Å². The maximum atomic E-state index is 12.1. The summed E-state index contributed by atoms with van der Waals surface area (Å²) in [7, 11) is 1.54. The molecule has 7 nitrogen and oxygen atoms in total. The molecule has 0 aliphatic heterocycles. The third-order valence-electron chi connectivity index (χ3n) is 3.52. The summed E-state index contributed by atoms with van der Waals surface area (Å²) in [4.78, 5) is 23.7. The lowest BCUT2D eigenvalue weighted by Crippen LogP contribution is -2.42. The third-order valence-corrected chi connectivity index (χ3v) is 3.52. The van der Waals surface area contributed by atoms with Crippen molar-refractivity contribution in [3.8, 4) is 0 Å². The Balaban J connectivity index is 4.41. The summed E-state index contributed by atoms with van der Waals surface area (Å²) < 4.78 is 26.0. The van der Waals surface area contributed by atoms with Gasteiger partial charge in [-0.15, -0.1) is 0 Å². The van der Waals surface area contributed by atoms with E-state index in [1.54, 1.807) is 34.8 Å². The van der Waals surface area contributed by atoms with Gasteiger partial charge in [-0.05, 0) is 40.5 Å². The lowest BCUT2D eigenvalue weighted by Gasteiger charge is -2.28. The van der Waals surface area contributed by atoms with Crippen LogP contribution in [0.25, 0.3) is 0 Å². The van der Waals surface area contributed by atoms with Crippen molar-refractivity contribution in [2.45, 2.75) is 78.3 Å². The van der Waals surface area contributed by atoms with Crippen molar-refractivity contribution >= 4 is 12.1 Å². The molecule has 142 valence electrons. The van der Waals surface area contributed by atoms with Gasteiger partial charge in [-0.1, -0.05) is 13.8 Å². The molecular weight excluding hydrogens is 316 g/mol. The molecule has 0 aromatic carbocycles. The predicted octanol–water partition coefficient (Wildman–Crippen LogP) is 3.09. The van der Waals surface area contributed by atoms with Gasteiger partial charge in [0.05, 0.1) is 12.2 Å². The second-order valence-corrected chi connectivity index (χ2v) is 6.20. The largest absolute Gasteiger partial charge is 0.508 e. The second kappa shape index (κ2) is 11.3. The first-order valence-electron chi connectivity index (χ1n) is 8.37. The number of ether oxygens (including phenoxy) is 5. The van der Waals surface area contributed by atoms with Crippen LogP contribution >= 0.6 is 0 Å². The van der Waals surface area contributed by atoms with Gasteiger partial charge in [-0.25, -0.2) is 9.59 Å². The molecule has 0 heterocycles. The van der Waals surface area contributed by atoms with E-state index in [-0.39, 0.29) is 25.4 Å². The van der Waals surface area contributed by atoms with Crippen LogP contribution in [0.15, 0.2) is 0 Å². The van der Waals surface area contributed by atoms with Gasteiger partial charge in [0.25, 0.3) is 0 Å². The summed E-state index contributed by atoms with van der Waals surface area (Å²) >= 11 is 0. The molecule has 0 aliphatic rings. The Bertz CT molecular complexity index is 381. The minimum Gasteiger partial charge on any atom is -0.461 e. The van der Waals surface area contributed by atoms with Gasteiger partial charge >= 0.3 is 12.1 Å². The quantitative estimate of drug-likeness (QED) is 0.531. The highest BCUT2D eigenvalue weighted by Crippen LogP contribution is 2.17. The first kappa shape index (κ1) is 22.7. The van der Waals surface area contributed by atoms with Crippen LogP contribution < -0.4 is 0 Å². The monoisotopic (exact) mass is 348 g/mol. The van der Waals surface area contributed by atoms with Gasteiger partial charge in [-0.2, -0.15) is 0 Å². The molecule has 0 amide bonds. The molecule has 0 aliphatic carbocycles. The summed E-state index contributed by atoms with van der Waals surface area (Å²) in [6.45, 7) is 10.8. The number of methoxy groups -OCH3 is 1. The summed E-state index contributed by atoms with van der Waals surface area (Å²) in [6, 6.07) is 0. The Morgan fingerprint density at radius 1 is 0.958 bits per heavy atom. The zero-order chi connectivity index (χ0) is 18.8. The molecule has 0 saturated carbocycles. The van der Waals surface area contributed by atoms with Crippen molar-refractivity contribution in [3.05, 3.63) is 0 Å². The maximum absolute atomic E-state index is 12.1. The van der Waals surface area contributed by atoms with Crippen molar-refractivity contribution < 1.29 is 33.3 Å². The molecule has 0 saturated heterocycles. The van der Waals surface area contributed by atoms with E-state index in [9.17, 15) is 9.59 Å². The number of esters is 1. The van der Waals surface area contributed by atoms with Crippen LogP contribution in [0.4, 0.5) is 4.79 Å². The summed E-state index contributed by atoms with van der Waals surface area (Å²) in [6.07, 6.45) is -0.278. The van der Waals surface area contributed by atoms with E-state index in [0.717, 1.165) is 0 Å². The summed E-state index contributed by atoms with van der Waals surface area (Å²) in [5.41, 5.74) is -1.15. The van der Waals surface area contributed by atoms with E-state index < -0.39 is 23.8 Å². The van der Waals surface area contributed by atoms with Crippen LogP contribution in [0, 0.1) is 0 Å². The zero-order valence-corrected chi connectivity index (χ0v) is 15.9. The summed E-state index contributed by atoms with van der Waals surface area (Å²) in [5, 5.41) is 0. The van der Waals surface area contributed by atoms with Crippen LogP contribution in [0.1, 0.15) is 54.4 Å². The normalized spacial score (nSPS) is 15.3. The van der Waals surface area contributed by atoms with Crippen molar-refractivity contribution in [2.24, 2.45) is 0 Å². The Hall–Kier alpha value is -1.34. The molecule has 0 aromatic rings. The molecule has 0 aromatic heterocycles. The number of rotatable bonds is 11. The fourth-order valence-electron chi connectivity index (χ4n) is 1.58. The van der Waals surface area contributed by atoms with Crippen molar-refractivity contribution in [1.29, 1.82) is 0 Å². The average Bonchev–Trinajstić information content (AvgIpc) is 2.55. The smallest absolute Gasteiger partial charge is 0.461 e. The van der Waals surface area contributed by atoms with E-state index >= 15 is 0 Å². The molecule has 3 unspecified atom stereocenters. The van der Waals surface area contributed by atoms with E-state index in [1.165, 1.54) is 0 Å². The van der Waals surface area contributed by atoms with E-state index in [4.69, 9.17) is 23.7 Å². The standard InChI is InChI=1S/C17H32O7/c1-8-12(3)23-16(19)22-11-14(9-2)24-17(5,6)15(18)21-10-13(4)20-7/h12-14H,8-11H2,1-7H3. The SMILES string of the molecule is CCC(C)OC(=O)OCC(CC)OC(C)(C)C(=O)OCC(C)OC. The molecule has 3 atom stereocenters. The minimum absolute atomic E-state index is 0.0109. The molecule has 0 bridgehead atoms. The first-order valence-corrected chi connectivity index (χ1v) is 8.37. The Labute approximate surface area is 144 Å². The predicted molar refractivity (Wildman–Crippen MR) is 88.9 cm³/mol. The fraction of sp³-hybridized carbons (Fsp3) is 0.882. The minimum atomic E-state index is -1.15. The Kier molecular flexibility index (Phi) is 10.6. The maximum Gasteiger partial charge on any atom is 0.508 e. The van der Waals surface area contributed by atoms with Gasteiger partial charge in [0.1, 0.15) is 19.3 Å². The van der Waals surface area contributed by atoms with Crippen LogP contribution in [0.5, 0.6) is 0 Å². The number of carbonyl (C=O) groups excluding carboxylic acids is 2. The zero-order valence-electron chi connectivity index (χ0n) is 15.9. The van der Waals surface area contributed by atoms with Crippen molar-refractivity contribution in [3.63, 3.8) is 0 Å². The first-order chi connectivity index (χ1) is 11.2. The highest BCUT2D eigenvalue weighted by atomic mass is 16.7. The van der Waals surface area contributed by atoms with Crippen LogP contribution in [0.3, 0.4) is 0 Å². The van der Waals surface area contributed by atoms with Gasteiger partial charge < -0.3 is 23.7 Å². The van der Waals surface area contributed by atoms with Gasteiger partial charge in [0.2, 0.25) is 0 Å². The number of hydrogen-bond donors (Lipinski definition) is 0. The van der Waals surface area contributed by atoms with E-state index in [1.807, 2.05) is 13.8 Å². The molecule has 0 fully saturated rings. The molecule has 0 rings (SSSR count). The highest BCUT2D eigenvalue weighted by Gasteiger charge is 2.34.